The summed E-state index contributed by atoms with van der Waals surface area (Å²) in [7, 11) is 0. The predicted molar refractivity (Wildman–Crippen MR) is 119 cm³/mol. The van der Waals surface area contributed by atoms with Crippen LogP contribution in [0, 0.1) is 11.6 Å². The number of hydrogen-bond donors (Lipinski definition) is 1. The molecule has 0 aliphatic carbocycles. The number of anilines is 1. The van der Waals surface area contributed by atoms with E-state index in [1.54, 1.807) is 30.5 Å². The molecule has 0 radical (unpaired) electrons. The minimum atomic E-state index is -0.649. The number of allylic oxidation sites excluding steroid dienone is 2. The molecule has 154 valence electrons. The smallest absolute Gasteiger partial charge is 0.260 e. The Morgan fingerprint density at radius 1 is 1.00 bits per heavy atom. The van der Waals surface area contributed by atoms with Gasteiger partial charge in [0.05, 0.1) is 16.8 Å². The minimum Gasteiger partial charge on any atom is -0.456 e. The van der Waals surface area contributed by atoms with Crippen LogP contribution in [-0.2, 0) is 0 Å². The number of furan rings is 2. The van der Waals surface area contributed by atoms with E-state index in [1.165, 1.54) is 30.3 Å². The molecular formula is C25H18F2N2O2. The van der Waals surface area contributed by atoms with Gasteiger partial charge in [0.15, 0.2) is 0 Å². The second-order valence-corrected chi connectivity index (χ2v) is 6.79. The molecule has 1 amide bonds. The van der Waals surface area contributed by atoms with Crippen LogP contribution in [-0.4, -0.2) is 12.1 Å². The van der Waals surface area contributed by atoms with Crippen LogP contribution in [0.3, 0.4) is 0 Å². The van der Waals surface area contributed by atoms with Crippen LogP contribution >= 0.6 is 0 Å². The van der Waals surface area contributed by atoms with E-state index in [1.807, 2.05) is 13.0 Å². The van der Waals surface area contributed by atoms with Crippen molar-refractivity contribution < 1.29 is 18.0 Å². The Bertz CT molecular complexity index is 1330. The third kappa shape index (κ3) is 3.88. The van der Waals surface area contributed by atoms with Gasteiger partial charge in [-0.15, -0.1) is 0 Å². The molecule has 2 bridgehead atoms. The second-order valence-electron chi connectivity index (χ2n) is 6.79. The predicted octanol–water partition coefficient (Wildman–Crippen LogP) is 6.69. The van der Waals surface area contributed by atoms with Crippen molar-refractivity contribution >= 4 is 34.7 Å². The van der Waals surface area contributed by atoms with Gasteiger partial charge in [0.2, 0.25) is 0 Å². The van der Waals surface area contributed by atoms with Crippen LogP contribution in [0.15, 0.2) is 82.7 Å². The van der Waals surface area contributed by atoms with Crippen molar-refractivity contribution in [2.24, 2.45) is 4.99 Å². The van der Waals surface area contributed by atoms with E-state index >= 15 is 0 Å². The molecule has 4 aromatic rings. The lowest BCUT2D eigenvalue weighted by molar-refractivity contribution is 0.102. The number of rotatable bonds is 6. The van der Waals surface area contributed by atoms with Crippen LogP contribution in [0.4, 0.5) is 14.5 Å². The SMILES string of the molecule is C=C(N=C/C=C\C)c1c(C(=O)Nc2ccc(-c3ccccc3F)c(F)c2)c2ccc1o2. The highest BCUT2D eigenvalue weighted by molar-refractivity contribution is 6.14. The fourth-order valence-electron chi connectivity index (χ4n) is 3.33. The maximum atomic E-state index is 14.7. The summed E-state index contributed by atoms with van der Waals surface area (Å²) < 4.78 is 34.3. The third-order valence-corrected chi connectivity index (χ3v) is 4.76. The fourth-order valence-corrected chi connectivity index (χ4v) is 3.33. The number of benzene rings is 3. The Morgan fingerprint density at radius 3 is 2.42 bits per heavy atom. The standard InChI is InChI=1S/C25H18F2N2O2/c1-3-4-13-28-15(2)23-21-11-12-22(31-21)24(23)25(30)29-16-9-10-18(20(27)14-16)17-7-5-6-8-19(17)26/h3-14H,2H2,1H3,(H,29,30)/b4-3-,28-13?. The molecule has 31 heavy (non-hydrogen) atoms. The molecule has 2 aromatic carbocycles. The molecule has 1 N–H and O–H groups in total. The van der Waals surface area contributed by atoms with Crippen molar-refractivity contribution in [3.63, 3.8) is 0 Å². The van der Waals surface area contributed by atoms with Crippen molar-refractivity contribution in [1.29, 1.82) is 0 Å². The zero-order chi connectivity index (χ0) is 22.0. The van der Waals surface area contributed by atoms with Gasteiger partial charge in [-0.2, -0.15) is 0 Å². The molecule has 0 unspecified atom stereocenters. The molecule has 0 saturated heterocycles. The molecular weight excluding hydrogens is 398 g/mol. The van der Waals surface area contributed by atoms with Crippen LogP contribution in [0.5, 0.6) is 0 Å². The summed E-state index contributed by atoms with van der Waals surface area (Å²) in [5.41, 5.74) is 2.50. The summed E-state index contributed by atoms with van der Waals surface area (Å²) in [6, 6.07) is 13.4. The van der Waals surface area contributed by atoms with Gasteiger partial charge in [0.1, 0.15) is 22.8 Å². The van der Waals surface area contributed by atoms with Crippen LogP contribution in [0.25, 0.3) is 28.0 Å². The third-order valence-electron chi connectivity index (χ3n) is 4.76. The highest BCUT2D eigenvalue weighted by Crippen LogP contribution is 2.35. The summed E-state index contributed by atoms with van der Waals surface area (Å²) >= 11 is 0. The van der Waals surface area contributed by atoms with Crippen molar-refractivity contribution in [2.75, 3.05) is 5.32 Å². The zero-order valence-electron chi connectivity index (χ0n) is 16.7. The fraction of sp³-hybridized carbons (Fsp3) is 0.0400. The number of halogens is 2. The summed E-state index contributed by atoms with van der Waals surface area (Å²) in [6.45, 7) is 5.78. The Balaban J connectivity index is 1.62. The van der Waals surface area contributed by atoms with Gasteiger partial charge >= 0.3 is 0 Å². The number of aliphatic imine (C=N–C) groups is 1. The van der Waals surface area contributed by atoms with Gasteiger partial charge in [0, 0.05) is 23.0 Å². The molecule has 0 atom stereocenters. The van der Waals surface area contributed by atoms with Gasteiger partial charge < -0.3 is 9.73 Å². The maximum Gasteiger partial charge on any atom is 0.260 e. The van der Waals surface area contributed by atoms with Crippen LogP contribution in [0.2, 0.25) is 0 Å². The number of carbonyl (C=O) groups is 1. The lowest BCUT2D eigenvalue weighted by Crippen LogP contribution is -2.13. The number of nitrogens with zero attached hydrogens (tertiary/aromatic N) is 1. The number of amides is 1. The first-order valence-electron chi connectivity index (χ1n) is 9.55. The molecule has 0 spiro atoms. The first-order valence-corrected chi connectivity index (χ1v) is 9.55. The van der Waals surface area contributed by atoms with Gasteiger partial charge in [-0.1, -0.05) is 30.9 Å². The van der Waals surface area contributed by atoms with Gasteiger partial charge in [-0.25, -0.2) is 8.78 Å². The summed E-state index contributed by atoms with van der Waals surface area (Å²) in [5.74, 6) is -1.65. The van der Waals surface area contributed by atoms with Crippen molar-refractivity contribution in [1.82, 2.24) is 0 Å². The lowest BCUT2D eigenvalue weighted by atomic mass is 10.0. The molecule has 4 rings (SSSR count). The molecule has 4 nitrogen and oxygen atoms in total. The number of fused-ring (bicyclic) bond motifs is 2. The first kappa shape index (κ1) is 20.2. The summed E-state index contributed by atoms with van der Waals surface area (Å²) in [6.07, 6.45) is 5.13. The van der Waals surface area contributed by atoms with E-state index < -0.39 is 17.5 Å². The molecule has 0 aliphatic rings. The summed E-state index contributed by atoms with van der Waals surface area (Å²) in [4.78, 5) is 17.2. The number of nitrogens with one attached hydrogen (secondary N) is 1. The Hall–Kier alpha value is -4.06. The minimum absolute atomic E-state index is 0.110. The molecule has 0 aliphatic heterocycles. The van der Waals surface area contributed by atoms with Crippen molar-refractivity contribution in [3.05, 3.63) is 96.1 Å². The maximum absolute atomic E-state index is 14.7. The first-order chi connectivity index (χ1) is 15.0. The monoisotopic (exact) mass is 416 g/mol. The Morgan fingerprint density at radius 2 is 1.71 bits per heavy atom. The van der Waals surface area contributed by atoms with E-state index in [0.717, 1.165) is 6.07 Å². The van der Waals surface area contributed by atoms with Crippen molar-refractivity contribution in [3.8, 4) is 11.1 Å². The average Bonchev–Trinajstić information content (AvgIpc) is 3.36. The Labute approximate surface area is 177 Å². The zero-order valence-corrected chi connectivity index (χ0v) is 16.7. The lowest BCUT2D eigenvalue weighted by Gasteiger charge is -2.10. The van der Waals surface area contributed by atoms with E-state index in [9.17, 15) is 13.6 Å². The van der Waals surface area contributed by atoms with E-state index in [2.05, 4.69) is 16.9 Å². The van der Waals surface area contributed by atoms with E-state index in [-0.39, 0.29) is 22.4 Å². The van der Waals surface area contributed by atoms with Gasteiger partial charge in [-0.3, -0.25) is 9.79 Å². The van der Waals surface area contributed by atoms with Crippen LogP contribution in [0.1, 0.15) is 22.8 Å². The molecule has 6 heteroatoms. The van der Waals surface area contributed by atoms with E-state index in [4.69, 9.17) is 4.42 Å². The number of carbonyl (C=O) groups excluding carboxylic acids is 1. The number of hydrogen-bond acceptors (Lipinski definition) is 3. The molecule has 2 aromatic heterocycles. The van der Waals surface area contributed by atoms with Crippen LogP contribution < -0.4 is 5.32 Å². The molecule has 2 heterocycles. The van der Waals surface area contributed by atoms with Gasteiger partial charge in [-0.05, 0) is 49.4 Å². The molecule has 0 saturated carbocycles. The van der Waals surface area contributed by atoms with Gasteiger partial charge in [0.25, 0.3) is 5.91 Å². The topological polar surface area (TPSA) is 54.6 Å². The average molecular weight is 416 g/mol. The Kier molecular flexibility index (Phi) is 5.45. The highest BCUT2D eigenvalue weighted by atomic mass is 19.1. The quantitative estimate of drug-likeness (QED) is 0.356. The summed E-state index contributed by atoms with van der Waals surface area (Å²) in [5, 5.41) is 2.67. The van der Waals surface area contributed by atoms with Crippen molar-refractivity contribution in [2.45, 2.75) is 6.92 Å². The second kappa shape index (κ2) is 8.36. The molecule has 0 fully saturated rings. The largest absolute Gasteiger partial charge is 0.456 e. The van der Waals surface area contributed by atoms with E-state index in [0.29, 0.717) is 22.4 Å². The normalized spacial score (nSPS) is 11.7. The highest BCUT2D eigenvalue weighted by Gasteiger charge is 2.24.